The first kappa shape index (κ1) is 13.6. The van der Waals surface area contributed by atoms with Gasteiger partial charge in [0.15, 0.2) is 0 Å². The zero-order valence-corrected chi connectivity index (χ0v) is 11.1. The fourth-order valence-electron chi connectivity index (χ4n) is 2.44. The molecule has 1 aliphatic rings. The van der Waals surface area contributed by atoms with Gasteiger partial charge in [-0.25, -0.2) is 4.98 Å². The van der Waals surface area contributed by atoms with Gasteiger partial charge in [0.1, 0.15) is 5.69 Å². The zero-order chi connectivity index (χ0) is 13.8. The largest absolute Gasteiger partial charge is 0.481 e. The average molecular weight is 265 g/mol. The quantitative estimate of drug-likeness (QED) is 0.885. The summed E-state index contributed by atoms with van der Waals surface area (Å²) in [6, 6.07) is 0. The number of carbonyl (C=O) groups excluding carboxylic acids is 1. The van der Waals surface area contributed by atoms with Gasteiger partial charge in [-0.15, -0.1) is 0 Å². The maximum Gasteiger partial charge on any atom is 0.303 e. The van der Waals surface area contributed by atoms with Crippen LogP contribution < -0.4 is 0 Å². The second-order valence-electron chi connectivity index (χ2n) is 5.09. The lowest BCUT2D eigenvalue weighted by atomic mass is 9.92. The lowest BCUT2D eigenvalue weighted by molar-refractivity contribution is -0.137. The third kappa shape index (κ3) is 3.56. The van der Waals surface area contributed by atoms with E-state index in [1.165, 1.54) is 0 Å². The van der Waals surface area contributed by atoms with Gasteiger partial charge in [-0.1, -0.05) is 0 Å². The number of aryl methyl sites for hydroxylation is 1. The van der Waals surface area contributed by atoms with Crippen LogP contribution in [0.5, 0.6) is 0 Å². The highest BCUT2D eigenvalue weighted by molar-refractivity contribution is 5.92. The molecule has 0 aliphatic carbocycles. The van der Waals surface area contributed by atoms with Crippen molar-refractivity contribution in [2.24, 2.45) is 13.0 Å². The predicted molar refractivity (Wildman–Crippen MR) is 68.7 cm³/mol. The number of aliphatic carboxylic acids is 1. The van der Waals surface area contributed by atoms with Crippen LogP contribution in [0.4, 0.5) is 0 Å². The molecule has 0 atom stereocenters. The number of piperidine rings is 1. The van der Waals surface area contributed by atoms with E-state index >= 15 is 0 Å². The number of rotatable bonds is 4. The first-order valence-corrected chi connectivity index (χ1v) is 6.55. The molecular formula is C13H19N3O3. The Labute approximate surface area is 112 Å². The van der Waals surface area contributed by atoms with Crippen molar-refractivity contribution in [3.05, 3.63) is 18.2 Å². The van der Waals surface area contributed by atoms with Crippen molar-refractivity contribution in [2.75, 3.05) is 13.1 Å². The monoisotopic (exact) mass is 265 g/mol. The smallest absolute Gasteiger partial charge is 0.303 e. The van der Waals surface area contributed by atoms with Gasteiger partial charge in [-0.3, -0.25) is 9.59 Å². The summed E-state index contributed by atoms with van der Waals surface area (Å²) in [7, 11) is 1.84. The van der Waals surface area contributed by atoms with E-state index in [1.54, 1.807) is 22.0 Å². The zero-order valence-electron chi connectivity index (χ0n) is 11.1. The molecule has 0 radical (unpaired) electrons. The fraction of sp³-hybridized carbons (Fsp3) is 0.615. The fourth-order valence-corrected chi connectivity index (χ4v) is 2.44. The number of nitrogens with zero attached hydrogens (tertiary/aromatic N) is 3. The van der Waals surface area contributed by atoms with Crippen LogP contribution in [0.2, 0.25) is 0 Å². The van der Waals surface area contributed by atoms with E-state index in [4.69, 9.17) is 5.11 Å². The number of likely N-dealkylation sites (tertiary alicyclic amines) is 1. The van der Waals surface area contributed by atoms with Crippen LogP contribution >= 0.6 is 0 Å². The Morgan fingerprint density at radius 3 is 2.63 bits per heavy atom. The van der Waals surface area contributed by atoms with Crippen LogP contribution in [0.25, 0.3) is 0 Å². The standard InChI is InChI=1S/C13H19N3O3/c1-15-8-11(14-9-15)13(19)16-6-4-10(5-7-16)2-3-12(17)18/h8-10H,2-7H2,1H3,(H,17,18). The van der Waals surface area contributed by atoms with Crippen LogP contribution in [0.3, 0.4) is 0 Å². The van der Waals surface area contributed by atoms with Crippen molar-refractivity contribution in [1.82, 2.24) is 14.5 Å². The summed E-state index contributed by atoms with van der Waals surface area (Å²) in [6.45, 7) is 1.39. The SMILES string of the molecule is Cn1cnc(C(=O)N2CCC(CCC(=O)O)CC2)c1. The average Bonchev–Trinajstić information content (AvgIpc) is 2.83. The first-order valence-electron chi connectivity index (χ1n) is 6.55. The maximum atomic E-state index is 12.1. The molecule has 1 saturated heterocycles. The van der Waals surface area contributed by atoms with E-state index < -0.39 is 5.97 Å². The third-order valence-corrected chi connectivity index (χ3v) is 3.59. The number of amides is 1. The van der Waals surface area contributed by atoms with Crippen molar-refractivity contribution in [1.29, 1.82) is 0 Å². The number of aromatic nitrogens is 2. The molecule has 1 N–H and O–H groups in total. The molecule has 0 spiro atoms. The molecule has 1 aromatic rings. The van der Waals surface area contributed by atoms with Gasteiger partial charge < -0.3 is 14.6 Å². The van der Waals surface area contributed by atoms with Gasteiger partial charge in [0.2, 0.25) is 0 Å². The number of hydrogen-bond acceptors (Lipinski definition) is 3. The second-order valence-corrected chi connectivity index (χ2v) is 5.09. The van der Waals surface area contributed by atoms with E-state index in [-0.39, 0.29) is 12.3 Å². The minimum atomic E-state index is -0.744. The van der Waals surface area contributed by atoms with E-state index in [0.29, 0.717) is 31.1 Å². The van der Waals surface area contributed by atoms with Gasteiger partial charge in [0, 0.05) is 32.8 Å². The van der Waals surface area contributed by atoms with Crippen LogP contribution in [0.1, 0.15) is 36.2 Å². The lowest BCUT2D eigenvalue weighted by Crippen LogP contribution is -2.38. The molecule has 6 nitrogen and oxygen atoms in total. The highest BCUT2D eigenvalue weighted by Crippen LogP contribution is 2.22. The maximum absolute atomic E-state index is 12.1. The Hall–Kier alpha value is -1.85. The Morgan fingerprint density at radius 2 is 2.11 bits per heavy atom. The topological polar surface area (TPSA) is 75.4 Å². The molecule has 6 heteroatoms. The summed E-state index contributed by atoms with van der Waals surface area (Å²) in [5.74, 6) is -0.354. The Kier molecular flexibility index (Phi) is 4.19. The molecule has 0 aromatic carbocycles. The molecule has 1 aliphatic heterocycles. The van der Waals surface area contributed by atoms with Crippen molar-refractivity contribution in [2.45, 2.75) is 25.7 Å². The minimum Gasteiger partial charge on any atom is -0.481 e. The Morgan fingerprint density at radius 1 is 1.42 bits per heavy atom. The minimum absolute atomic E-state index is 0.0303. The lowest BCUT2D eigenvalue weighted by Gasteiger charge is -2.31. The highest BCUT2D eigenvalue weighted by Gasteiger charge is 2.24. The van der Waals surface area contributed by atoms with Crippen LogP contribution in [-0.2, 0) is 11.8 Å². The summed E-state index contributed by atoms with van der Waals surface area (Å²) in [5, 5.41) is 8.66. The molecule has 2 rings (SSSR count). The van der Waals surface area contributed by atoms with Gasteiger partial charge in [-0.05, 0) is 25.2 Å². The number of hydrogen-bond donors (Lipinski definition) is 1. The van der Waals surface area contributed by atoms with Crippen LogP contribution in [0, 0.1) is 5.92 Å². The third-order valence-electron chi connectivity index (χ3n) is 3.59. The van der Waals surface area contributed by atoms with Crippen molar-refractivity contribution in [3.8, 4) is 0 Å². The second kappa shape index (κ2) is 5.86. The number of carboxylic acids is 1. The van der Waals surface area contributed by atoms with Gasteiger partial charge in [-0.2, -0.15) is 0 Å². The summed E-state index contributed by atoms with van der Waals surface area (Å²) in [6.07, 6.45) is 6.03. The summed E-state index contributed by atoms with van der Waals surface area (Å²) >= 11 is 0. The Balaban J connectivity index is 1.83. The molecule has 2 heterocycles. The molecule has 1 amide bonds. The molecule has 1 aromatic heterocycles. The molecule has 104 valence electrons. The van der Waals surface area contributed by atoms with Crippen LogP contribution in [0.15, 0.2) is 12.5 Å². The highest BCUT2D eigenvalue weighted by atomic mass is 16.4. The molecule has 0 bridgehead atoms. The summed E-state index contributed by atoms with van der Waals surface area (Å²) in [5.41, 5.74) is 0.478. The number of carboxylic acid groups (broad SMARTS) is 1. The van der Waals surface area contributed by atoms with E-state index in [9.17, 15) is 9.59 Å². The van der Waals surface area contributed by atoms with E-state index in [1.807, 2.05) is 7.05 Å². The molecule has 1 fully saturated rings. The molecular weight excluding hydrogens is 246 g/mol. The van der Waals surface area contributed by atoms with Crippen molar-refractivity contribution in [3.63, 3.8) is 0 Å². The number of carbonyl (C=O) groups is 2. The van der Waals surface area contributed by atoms with Gasteiger partial charge >= 0.3 is 5.97 Å². The summed E-state index contributed by atoms with van der Waals surface area (Å²) in [4.78, 5) is 28.5. The van der Waals surface area contributed by atoms with Crippen LogP contribution in [-0.4, -0.2) is 44.5 Å². The Bertz CT molecular complexity index is 461. The molecule has 0 unspecified atom stereocenters. The molecule has 0 saturated carbocycles. The summed E-state index contributed by atoms with van der Waals surface area (Å²) < 4.78 is 1.76. The number of imidazole rings is 1. The van der Waals surface area contributed by atoms with E-state index in [2.05, 4.69) is 4.98 Å². The van der Waals surface area contributed by atoms with Gasteiger partial charge in [0.05, 0.1) is 6.33 Å². The van der Waals surface area contributed by atoms with Gasteiger partial charge in [0.25, 0.3) is 5.91 Å². The van der Waals surface area contributed by atoms with Crippen molar-refractivity contribution < 1.29 is 14.7 Å². The van der Waals surface area contributed by atoms with Crippen molar-refractivity contribution >= 4 is 11.9 Å². The first-order chi connectivity index (χ1) is 9.06. The van der Waals surface area contributed by atoms with E-state index in [0.717, 1.165) is 12.8 Å². The molecule has 19 heavy (non-hydrogen) atoms. The predicted octanol–water partition coefficient (Wildman–Crippen LogP) is 1.14. The normalized spacial score (nSPS) is 16.6.